The number of aryl methyl sites for hydroxylation is 1. The molecule has 3 rings (SSSR count). The minimum Gasteiger partial charge on any atom is -0.496 e. The second-order valence-electron chi connectivity index (χ2n) is 8.37. The Labute approximate surface area is 184 Å². The van der Waals surface area contributed by atoms with Crippen LogP contribution in [0, 0.1) is 6.92 Å². The fourth-order valence-electron chi connectivity index (χ4n) is 3.79. The molecule has 1 saturated heterocycles. The smallest absolute Gasteiger partial charge is 0.274 e. The van der Waals surface area contributed by atoms with Gasteiger partial charge in [0.05, 0.1) is 7.11 Å². The van der Waals surface area contributed by atoms with Gasteiger partial charge < -0.3 is 15.0 Å². The molecule has 8 heteroatoms. The maximum absolute atomic E-state index is 12.9. The molecule has 1 aliphatic heterocycles. The van der Waals surface area contributed by atoms with Crippen molar-refractivity contribution in [1.82, 2.24) is 24.9 Å². The van der Waals surface area contributed by atoms with Gasteiger partial charge in [-0.1, -0.05) is 12.1 Å². The first-order valence-electron chi connectivity index (χ1n) is 10.8. The molecule has 0 spiro atoms. The van der Waals surface area contributed by atoms with Crippen molar-refractivity contribution in [3.05, 3.63) is 47.3 Å². The van der Waals surface area contributed by atoms with E-state index >= 15 is 0 Å². The van der Waals surface area contributed by atoms with Crippen molar-refractivity contribution in [3.63, 3.8) is 0 Å². The molecular formula is C23H33N5O3. The molecule has 0 saturated carbocycles. The quantitative estimate of drug-likeness (QED) is 0.730. The van der Waals surface area contributed by atoms with E-state index in [-0.39, 0.29) is 23.9 Å². The Hall–Kier alpha value is -2.87. The predicted octanol–water partition coefficient (Wildman–Crippen LogP) is 1.90. The van der Waals surface area contributed by atoms with Gasteiger partial charge in [-0.05, 0) is 57.5 Å². The van der Waals surface area contributed by atoms with Crippen molar-refractivity contribution in [3.8, 4) is 5.75 Å². The lowest BCUT2D eigenvalue weighted by molar-refractivity contribution is -0.127. The monoisotopic (exact) mass is 427 g/mol. The summed E-state index contributed by atoms with van der Waals surface area (Å²) in [5, 5.41) is 7.41. The number of aromatic nitrogens is 2. The van der Waals surface area contributed by atoms with Crippen LogP contribution in [-0.2, 0) is 11.2 Å². The number of ether oxygens (including phenoxy) is 1. The topological polar surface area (TPSA) is 79.7 Å². The van der Waals surface area contributed by atoms with Crippen LogP contribution in [0.25, 0.3) is 0 Å². The fourth-order valence-corrected chi connectivity index (χ4v) is 3.79. The molecule has 1 aliphatic rings. The number of carbonyl (C=O) groups excluding carboxylic acids is 2. The van der Waals surface area contributed by atoms with E-state index in [1.165, 1.54) is 0 Å². The zero-order chi connectivity index (χ0) is 22.5. The van der Waals surface area contributed by atoms with Gasteiger partial charge in [0.25, 0.3) is 5.91 Å². The Morgan fingerprint density at radius 3 is 2.68 bits per heavy atom. The molecular weight excluding hydrogens is 394 g/mol. The predicted molar refractivity (Wildman–Crippen MR) is 119 cm³/mol. The Balaban J connectivity index is 1.56. The van der Waals surface area contributed by atoms with Crippen LogP contribution in [-0.4, -0.2) is 77.8 Å². The van der Waals surface area contributed by atoms with Gasteiger partial charge in [0, 0.05) is 38.4 Å². The number of benzene rings is 1. The van der Waals surface area contributed by atoms with Crippen LogP contribution in [0.15, 0.2) is 30.5 Å². The van der Waals surface area contributed by atoms with Crippen LogP contribution in [0.1, 0.15) is 41.5 Å². The third-order valence-corrected chi connectivity index (χ3v) is 5.77. The minimum atomic E-state index is -0.373. The first kappa shape index (κ1) is 22.8. The zero-order valence-corrected chi connectivity index (χ0v) is 19.1. The number of nitrogens with zero attached hydrogens (tertiary/aromatic N) is 4. The van der Waals surface area contributed by atoms with Gasteiger partial charge in [0.2, 0.25) is 5.91 Å². The summed E-state index contributed by atoms with van der Waals surface area (Å²) in [5.74, 6) is 0.677. The third kappa shape index (κ3) is 5.44. The second-order valence-corrected chi connectivity index (χ2v) is 8.37. The lowest BCUT2D eigenvalue weighted by Gasteiger charge is -2.38. The molecule has 2 aromatic rings. The molecule has 1 fully saturated rings. The largest absolute Gasteiger partial charge is 0.496 e. The summed E-state index contributed by atoms with van der Waals surface area (Å²) in [6, 6.07) is 7.61. The number of piperazine rings is 1. The molecule has 1 atom stereocenters. The average molecular weight is 428 g/mol. The summed E-state index contributed by atoms with van der Waals surface area (Å²) in [7, 11) is 3.58. The summed E-state index contributed by atoms with van der Waals surface area (Å²) >= 11 is 0. The van der Waals surface area contributed by atoms with Gasteiger partial charge >= 0.3 is 0 Å². The maximum atomic E-state index is 12.9. The van der Waals surface area contributed by atoms with Crippen LogP contribution in [0.2, 0.25) is 0 Å². The first-order chi connectivity index (χ1) is 14.8. The highest BCUT2D eigenvalue weighted by molar-refractivity contribution is 5.93. The first-order valence-corrected chi connectivity index (χ1v) is 10.8. The standard InChI is InChI=1S/C23H33N5O3/c1-16(2)28-11-9-19(25-28)23(30)27-13-12-26(4)20(15-27)22(29)24-10-8-18-6-7-21(31-5)17(3)14-18/h6-7,9,11,14,16,20H,8,10,12-13,15H2,1-5H3,(H,24,29)/t20-/m0/s1. The van der Waals surface area contributed by atoms with Gasteiger partial charge in [-0.15, -0.1) is 0 Å². The molecule has 1 aromatic heterocycles. The van der Waals surface area contributed by atoms with Crippen LogP contribution in [0.3, 0.4) is 0 Å². The molecule has 168 valence electrons. The maximum Gasteiger partial charge on any atom is 0.274 e. The zero-order valence-electron chi connectivity index (χ0n) is 19.1. The Morgan fingerprint density at radius 1 is 1.26 bits per heavy atom. The molecule has 0 unspecified atom stereocenters. The lowest BCUT2D eigenvalue weighted by atomic mass is 10.1. The Morgan fingerprint density at radius 2 is 2.03 bits per heavy atom. The number of hydrogen-bond acceptors (Lipinski definition) is 5. The van der Waals surface area contributed by atoms with Crippen molar-refractivity contribution >= 4 is 11.8 Å². The van der Waals surface area contributed by atoms with Gasteiger partial charge in [-0.2, -0.15) is 5.10 Å². The summed E-state index contributed by atoms with van der Waals surface area (Å²) in [6.45, 7) is 8.17. The highest BCUT2D eigenvalue weighted by atomic mass is 16.5. The van der Waals surface area contributed by atoms with E-state index in [4.69, 9.17) is 4.74 Å². The molecule has 31 heavy (non-hydrogen) atoms. The SMILES string of the molecule is COc1ccc(CCNC(=O)[C@@H]2CN(C(=O)c3ccn(C(C)C)n3)CCN2C)cc1C. The van der Waals surface area contributed by atoms with Gasteiger partial charge in [-0.25, -0.2) is 0 Å². The van der Waals surface area contributed by atoms with Crippen LogP contribution < -0.4 is 10.1 Å². The lowest BCUT2D eigenvalue weighted by Crippen LogP contribution is -2.58. The summed E-state index contributed by atoms with van der Waals surface area (Å²) < 4.78 is 7.07. The Bertz CT molecular complexity index is 924. The highest BCUT2D eigenvalue weighted by Gasteiger charge is 2.33. The van der Waals surface area contributed by atoms with Crippen molar-refractivity contribution in [2.24, 2.45) is 0 Å². The van der Waals surface area contributed by atoms with Gasteiger partial charge in [-0.3, -0.25) is 19.2 Å². The number of methoxy groups -OCH3 is 1. The number of rotatable bonds is 7. The highest BCUT2D eigenvalue weighted by Crippen LogP contribution is 2.18. The van der Waals surface area contributed by atoms with Crippen molar-refractivity contribution < 1.29 is 14.3 Å². The summed E-state index contributed by atoms with van der Waals surface area (Å²) in [4.78, 5) is 29.4. The second kappa shape index (κ2) is 9.96. The summed E-state index contributed by atoms with van der Waals surface area (Å²) in [6.07, 6.45) is 2.56. The molecule has 0 bridgehead atoms. The molecule has 0 aliphatic carbocycles. The number of likely N-dealkylation sites (N-methyl/N-ethyl adjacent to an activating group) is 1. The van der Waals surface area contributed by atoms with E-state index in [1.54, 1.807) is 22.8 Å². The van der Waals surface area contributed by atoms with Crippen LogP contribution >= 0.6 is 0 Å². The van der Waals surface area contributed by atoms with Gasteiger partial charge in [0.1, 0.15) is 17.5 Å². The molecule has 2 heterocycles. The fraction of sp³-hybridized carbons (Fsp3) is 0.522. The van der Waals surface area contributed by atoms with E-state index in [0.29, 0.717) is 31.9 Å². The third-order valence-electron chi connectivity index (χ3n) is 5.77. The van der Waals surface area contributed by atoms with Crippen LogP contribution in [0.5, 0.6) is 5.75 Å². The normalized spacial score (nSPS) is 17.1. The van der Waals surface area contributed by atoms with Crippen molar-refractivity contribution in [2.45, 2.75) is 39.3 Å². The van der Waals surface area contributed by atoms with E-state index in [9.17, 15) is 9.59 Å². The number of carbonyl (C=O) groups is 2. The number of nitrogens with one attached hydrogen (secondary N) is 1. The summed E-state index contributed by atoms with van der Waals surface area (Å²) in [5.41, 5.74) is 2.65. The number of amides is 2. The van der Waals surface area contributed by atoms with Crippen molar-refractivity contribution in [1.29, 1.82) is 0 Å². The molecule has 2 amide bonds. The minimum absolute atomic E-state index is 0.0575. The van der Waals surface area contributed by atoms with Crippen LogP contribution in [0.4, 0.5) is 0 Å². The molecule has 1 aromatic carbocycles. The average Bonchev–Trinajstić information content (AvgIpc) is 3.24. The molecule has 1 N–H and O–H groups in total. The van der Waals surface area contributed by atoms with E-state index in [1.807, 2.05) is 51.0 Å². The molecule has 0 radical (unpaired) electrons. The van der Waals surface area contributed by atoms with Gasteiger partial charge in [0.15, 0.2) is 0 Å². The van der Waals surface area contributed by atoms with Crippen molar-refractivity contribution in [2.75, 3.05) is 40.3 Å². The van der Waals surface area contributed by atoms with E-state index in [0.717, 1.165) is 23.3 Å². The van der Waals surface area contributed by atoms with E-state index in [2.05, 4.69) is 16.5 Å². The number of hydrogen-bond donors (Lipinski definition) is 1. The Kier molecular flexibility index (Phi) is 7.33. The molecule has 8 nitrogen and oxygen atoms in total. The van der Waals surface area contributed by atoms with E-state index < -0.39 is 0 Å².